The molecule has 0 aliphatic rings. The Kier molecular flexibility index (Phi) is 4.02. The summed E-state index contributed by atoms with van der Waals surface area (Å²) < 4.78 is 36.3. The third-order valence-corrected chi connectivity index (χ3v) is 2.77. The van der Waals surface area contributed by atoms with Gasteiger partial charge in [0.2, 0.25) is 0 Å². The van der Waals surface area contributed by atoms with Crippen LogP contribution in [0.2, 0.25) is 0 Å². The highest BCUT2D eigenvalue weighted by Crippen LogP contribution is 2.37. The number of thioether (sulfide) groups is 1. The second-order valence-corrected chi connectivity index (χ2v) is 4.44. The number of alkyl halides is 3. The first-order valence-corrected chi connectivity index (χ1v) is 5.54. The Morgan fingerprint density at radius 2 is 2.00 bits per heavy atom. The fraction of sp³-hybridized carbons (Fsp3) is 0.364. The van der Waals surface area contributed by atoms with E-state index in [1.54, 1.807) is 13.8 Å². The van der Waals surface area contributed by atoms with Gasteiger partial charge in [0.05, 0.1) is 0 Å². The Labute approximate surface area is 96.0 Å². The molecule has 0 N–H and O–H groups in total. The lowest BCUT2D eigenvalue weighted by molar-refractivity contribution is -0.0328. The van der Waals surface area contributed by atoms with E-state index in [9.17, 15) is 18.0 Å². The lowest BCUT2D eigenvalue weighted by atomic mass is 10.0. The van der Waals surface area contributed by atoms with Crippen molar-refractivity contribution in [3.8, 4) is 0 Å². The number of halogens is 3. The largest absolute Gasteiger partial charge is 0.446 e. The molecule has 88 valence electrons. The van der Waals surface area contributed by atoms with Crippen LogP contribution in [-0.2, 0) is 0 Å². The number of rotatable bonds is 3. The van der Waals surface area contributed by atoms with Crippen molar-refractivity contribution in [1.82, 2.24) is 0 Å². The molecule has 0 spiro atoms. The standard InChI is InChI=1S/C11H11F3OS/c1-3-10(15)9-5-4-8(6-7(9)2)16-11(12,13)14/h4-6H,3H2,1-2H3. The van der Waals surface area contributed by atoms with E-state index in [4.69, 9.17) is 0 Å². The molecule has 0 amide bonds. The van der Waals surface area contributed by atoms with Crippen LogP contribution in [-0.4, -0.2) is 11.3 Å². The zero-order valence-corrected chi connectivity index (χ0v) is 9.71. The molecule has 0 atom stereocenters. The van der Waals surface area contributed by atoms with Crippen molar-refractivity contribution >= 4 is 17.5 Å². The molecule has 0 aliphatic heterocycles. The third kappa shape index (κ3) is 3.56. The Morgan fingerprint density at radius 3 is 2.44 bits per heavy atom. The monoisotopic (exact) mass is 248 g/mol. The van der Waals surface area contributed by atoms with Crippen molar-refractivity contribution < 1.29 is 18.0 Å². The summed E-state index contributed by atoms with van der Waals surface area (Å²) in [5.74, 6) is -0.0546. The molecule has 0 fully saturated rings. The van der Waals surface area contributed by atoms with Crippen LogP contribution in [0.4, 0.5) is 13.2 Å². The summed E-state index contributed by atoms with van der Waals surface area (Å²) in [7, 11) is 0. The maximum Gasteiger partial charge on any atom is 0.446 e. The van der Waals surface area contributed by atoms with Gasteiger partial charge in [-0.15, -0.1) is 0 Å². The van der Waals surface area contributed by atoms with Gasteiger partial charge in [0, 0.05) is 16.9 Å². The molecule has 1 aromatic rings. The predicted molar refractivity (Wildman–Crippen MR) is 57.7 cm³/mol. The summed E-state index contributed by atoms with van der Waals surface area (Å²) in [5.41, 5.74) is -3.21. The first-order chi connectivity index (χ1) is 7.33. The van der Waals surface area contributed by atoms with E-state index < -0.39 is 5.51 Å². The summed E-state index contributed by atoms with van der Waals surface area (Å²) in [4.78, 5) is 11.5. The van der Waals surface area contributed by atoms with E-state index in [2.05, 4.69) is 0 Å². The number of Topliss-reactive ketones (excluding diaryl/α,β-unsaturated/α-hetero) is 1. The van der Waals surface area contributed by atoms with Gasteiger partial charge in [0.15, 0.2) is 5.78 Å². The van der Waals surface area contributed by atoms with Gasteiger partial charge in [-0.1, -0.05) is 13.0 Å². The van der Waals surface area contributed by atoms with Gasteiger partial charge in [-0.3, -0.25) is 4.79 Å². The van der Waals surface area contributed by atoms with Crippen LogP contribution in [0.15, 0.2) is 23.1 Å². The molecule has 5 heteroatoms. The summed E-state index contributed by atoms with van der Waals surface area (Å²) in [6, 6.07) is 4.17. The number of hydrogen-bond donors (Lipinski definition) is 0. The summed E-state index contributed by atoms with van der Waals surface area (Å²) >= 11 is -0.168. The first-order valence-electron chi connectivity index (χ1n) is 4.73. The summed E-state index contributed by atoms with van der Waals surface area (Å²) in [6.45, 7) is 3.36. The average Bonchev–Trinajstić information content (AvgIpc) is 2.14. The van der Waals surface area contributed by atoms with Gasteiger partial charge in [-0.25, -0.2) is 0 Å². The molecule has 0 aliphatic carbocycles. The minimum Gasteiger partial charge on any atom is -0.294 e. The van der Waals surface area contributed by atoms with Crippen LogP contribution in [0.5, 0.6) is 0 Å². The molecule has 0 saturated heterocycles. The van der Waals surface area contributed by atoms with E-state index in [1.807, 2.05) is 0 Å². The molecular formula is C11H11F3OS. The molecule has 0 heterocycles. The van der Waals surface area contributed by atoms with Crippen LogP contribution in [0.3, 0.4) is 0 Å². The van der Waals surface area contributed by atoms with E-state index >= 15 is 0 Å². The highest BCUT2D eigenvalue weighted by atomic mass is 32.2. The lowest BCUT2D eigenvalue weighted by Crippen LogP contribution is -2.02. The number of aryl methyl sites for hydroxylation is 1. The smallest absolute Gasteiger partial charge is 0.294 e. The molecule has 0 bridgehead atoms. The number of hydrogen-bond acceptors (Lipinski definition) is 2. The van der Waals surface area contributed by atoms with Crippen LogP contribution < -0.4 is 0 Å². The number of benzene rings is 1. The normalized spacial score (nSPS) is 11.6. The van der Waals surface area contributed by atoms with E-state index in [0.717, 1.165) is 0 Å². The Hall–Kier alpha value is -0.970. The molecule has 1 aromatic carbocycles. The second-order valence-electron chi connectivity index (χ2n) is 3.30. The minimum atomic E-state index is -4.29. The van der Waals surface area contributed by atoms with Crippen molar-refractivity contribution in [2.45, 2.75) is 30.7 Å². The predicted octanol–water partition coefficient (Wildman–Crippen LogP) is 4.20. The average molecular weight is 248 g/mol. The molecule has 0 radical (unpaired) electrons. The van der Waals surface area contributed by atoms with E-state index in [-0.39, 0.29) is 22.4 Å². The minimum absolute atomic E-state index is 0.0546. The fourth-order valence-electron chi connectivity index (χ4n) is 1.34. The number of carbonyl (C=O) groups is 1. The third-order valence-electron chi connectivity index (χ3n) is 2.05. The van der Waals surface area contributed by atoms with Crippen molar-refractivity contribution in [1.29, 1.82) is 0 Å². The van der Waals surface area contributed by atoms with Gasteiger partial charge >= 0.3 is 5.51 Å². The molecule has 1 nitrogen and oxygen atoms in total. The van der Waals surface area contributed by atoms with Gasteiger partial charge in [0.1, 0.15) is 0 Å². The van der Waals surface area contributed by atoms with Crippen LogP contribution in [0, 0.1) is 6.92 Å². The van der Waals surface area contributed by atoms with E-state index in [1.165, 1.54) is 18.2 Å². The SMILES string of the molecule is CCC(=O)c1ccc(SC(F)(F)F)cc1C. The van der Waals surface area contributed by atoms with Gasteiger partial charge in [-0.05, 0) is 36.4 Å². The first kappa shape index (κ1) is 13.1. The van der Waals surface area contributed by atoms with Crippen molar-refractivity contribution in [2.24, 2.45) is 0 Å². The number of carbonyl (C=O) groups excluding carboxylic acids is 1. The van der Waals surface area contributed by atoms with Crippen LogP contribution in [0.1, 0.15) is 29.3 Å². The highest BCUT2D eigenvalue weighted by molar-refractivity contribution is 8.00. The maximum absolute atomic E-state index is 12.1. The fourth-order valence-corrected chi connectivity index (χ4v) is 1.98. The van der Waals surface area contributed by atoms with E-state index in [0.29, 0.717) is 17.5 Å². The zero-order chi connectivity index (χ0) is 12.3. The Morgan fingerprint density at radius 1 is 1.38 bits per heavy atom. The Bertz CT molecular complexity index is 399. The summed E-state index contributed by atoms with van der Waals surface area (Å²) in [6.07, 6.45) is 0.354. The molecule has 0 aromatic heterocycles. The maximum atomic E-state index is 12.1. The van der Waals surface area contributed by atoms with Gasteiger partial charge in [0.25, 0.3) is 0 Å². The lowest BCUT2D eigenvalue weighted by Gasteiger charge is -2.08. The Balaban J connectivity index is 2.96. The molecule has 0 saturated carbocycles. The molecule has 0 unspecified atom stereocenters. The zero-order valence-electron chi connectivity index (χ0n) is 8.89. The molecule has 1 rings (SSSR count). The van der Waals surface area contributed by atoms with Crippen LogP contribution >= 0.6 is 11.8 Å². The summed E-state index contributed by atoms with van der Waals surface area (Å²) in [5, 5.41) is 0. The number of ketones is 1. The highest BCUT2D eigenvalue weighted by Gasteiger charge is 2.29. The molecule has 16 heavy (non-hydrogen) atoms. The van der Waals surface area contributed by atoms with Gasteiger partial charge in [-0.2, -0.15) is 13.2 Å². The topological polar surface area (TPSA) is 17.1 Å². The van der Waals surface area contributed by atoms with Crippen molar-refractivity contribution in [3.63, 3.8) is 0 Å². The van der Waals surface area contributed by atoms with Crippen LogP contribution in [0.25, 0.3) is 0 Å². The quantitative estimate of drug-likeness (QED) is 0.589. The second kappa shape index (κ2) is 4.91. The van der Waals surface area contributed by atoms with Gasteiger partial charge < -0.3 is 0 Å². The molecular weight excluding hydrogens is 237 g/mol. The van der Waals surface area contributed by atoms with Crippen molar-refractivity contribution in [3.05, 3.63) is 29.3 Å². The van der Waals surface area contributed by atoms with Crippen molar-refractivity contribution in [2.75, 3.05) is 0 Å².